The molecule has 2 aliphatic heterocycles. The van der Waals surface area contributed by atoms with Crippen molar-refractivity contribution >= 4 is 5.91 Å². The van der Waals surface area contributed by atoms with Gasteiger partial charge in [0.2, 0.25) is 0 Å². The first-order valence-electron chi connectivity index (χ1n) is 11.0. The Labute approximate surface area is 186 Å². The maximum Gasteiger partial charge on any atom is 0.274 e. The van der Waals surface area contributed by atoms with Crippen LogP contribution in [0.15, 0.2) is 65.5 Å². The Morgan fingerprint density at radius 1 is 0.906 bits per heavy atom. The second-order valence-electron chi connectivity index (χ2n) is 8.31. The highest BCUT2D eigenvalue weighted by Gasteiger charge is 2.24. The molecule has 0 N–H and O–H groups in total. The van der Waals surface area contributed by atoms with E-state index in [0.29, 0.717) is 25.3 Å². The van der Waals surface area contributed by atoms with Crippen LogP contribution in [0.1, 0.15) is 27.2 Å². The van der Waals surface area contributed by atoms with Gasteiger partial charge in [-0.1, -0.05) is 42.5 Å². The van der Waals surface area contributed by atoms with Crippen LogP contribution in [0.25, 0.3) is 0 Å². The van der Waals surface area contributed by atoms with E-state index in [0.717, 1.165) is 44.0 Å². The maximum absolute atomic E-state index is 13.0. The maximum atomic E-state index is 13.0. The van der Waals surface area contributed by atoms with Crippen LogP contribution in [0.2, 0.25) is 0 Å². The molecule has 0 unspecified atom stereocenters. The molecular weight excluding hydrogens is 404 g/mol. The minimum absolute atomic E-state index is 0.124. The molecule has 2 aliphatic rings. The van der Waals surface area contributed by atoms with Crippen molar-refractivity contribution in [1.82, 2.24) is 19.6 Å². The van der Waals surface area contributed by atoms with Crippen molar-refractivity contribution in [3.8, 4) is 5.75 Å². The summed E-state index contributed by atoms with van der Waals surface area (Å²) in [5.41, 5.74) is 3.64. The van der Waals surface area contributed by atoms with Crippen molar-refractivity contribution in [3.05, 3.63) is 93.4 Å². The van der Waals surface area contributed by atoms with Crippen LogP contribution >= 0.6 is 0 Å². The molecule has 3 heterocycles. The van der Waals surface area contributed by atoms with Gasteiger partial charge in [0.15, 0.2) is 0 Å². The summed E-state index contributed by atoms with van der Waals surface area (Å²) in [6, 6.07) is 19.0. The van der Waals surface area contributed by atoms with E-state index < -0.39 is 0 Å². The summed E-state index contributed by atoms with van der Waals surface area (Å²) in [5.74, 6) is 0.881. The van der Waals surface area contributed by atoms with Crippen LogP contribution in [-0.2, 0) is 19.5 Å². The molecule has 32 heavy (non-hydrogen) atoms. The molecule has 1 fully saturated rings. The van der Waals surface area contributed by atoms with Crippen LogP contribution in [0.5, 0.6) is 5.75 Å². The summed E-state index contributed by atoms with van der Waals surface area (Å²) in [4.78, 5) is 29.4. The highest BCUT2D eigenvalue weighted by Crippen LogP contribution is 2.26. The fourth-order valence-corrected chi connectivity index (χ4v) is 4.30. The third kappa shape index (κ3) is 4.43. The van der Waals surface area contributed by atoms with E-state index in [1.807, 2.05) is 35.2 Å². The highest BCUT2D eigenvalue weighted by molar-refractivity contribution is 5.92. The fourth-order valence-electron chi connectivity index (χ4n) is 4.30. The van der Waals surface area contributed by atoms with Gasteiger partial charge in [-0.05, 0) is 28.8 Å². The Balaban J connectivity index is 1.21. The van der Waals surface area contributed by atoms with E-state index in [1.54, 1.807) is 0 Å². The predicted octanol–water partition coefficient (Wildman–Crippen LogP) is 2.18. The molecule has 0 saturated carbocycles. The zero-order valence-corrected chi connectivity index (χ0v) is 17.9. The first-order chi connectivity index (χ1) is 15.7. The van der Waals surface area contributed by atoms with E-state index in [9.17, 15) is 9.59 Å². The smallest absolute Gasteiger partial charge is 0.274 e. The third-order valence-electron chi connectivity index (χ3n) is 6.08. The molecule has 5 rings (SSSR count). The quantitative estimate of drug-likeness (QED) is 0.621. The minimum atomic E-state index is -0.213. The number of rotatable bonds is 5. The van der Waals surface area contributed by atoms with Gasteiger partial charge in [0.1, 0.15) is 11.4 Å². The number of fused-ring (bicyclic) bond motifs is 1. The first kappa shape index (κ1) is 20.5. The van der Waals surface area contributed by atoms with Crippen molar-refractivity contribution in [2.24, 2.45) is 0 Å². The summed E-state index contributed by atoms with van der Waals surface area (Å²) in [5, 5.41) is 4.35. The van der Waals surface area contributed by atoms with Gasteiger partial charge in [-0.2, -0.15) is 5.10 Å². The van der Waals surface area contributed by atoms with Crippen LogP contribution in [0.3, 0.4) is 0 Å². The van der Waals surface area contributed by atoms with Crippen molar-refractivity contribution in [3.63, 3.8) is 0 Å². The summed E-state index contributed by atoms with van der Waals surface area (Å²) in [7, 11) is 0. The van der Waals surface area contributed by atoms with E-state index in [-0.39, 0.29) is 11.5 Å². The molecule has 1 amide bonds. The second-order valence-corrected chi connectivity index (χ2v) is 8.31. The first-order valence-corrected chi connectivity index (χ1v) is 11.0. The van der Waals surface area contributed by atoms with Gasteiger partial charge in [0.05, 0.1) is 13.2 Å². The number of hydrogen-bond donors (Lipinski definition) is 0. The molecule has 0 atom stereocenters. The Hall–Kier alpha value is -3.45. The topological polar surface area (TPSA) is 67.7 Å². The van der Waals surface area contributed by atoms with Gasteiger partial charge in [-0.15, -0.1) is 0 Å². The average molecular weight is 431 g/mol. The predicted molar refractivity (Wildman–Crippen MR) is 121 cm³/mol. The van der Waals surface area contributed by atoms with E-state index >= 15 is 0 Å². The molecule has 0 spiro atoms. The molecule has 7 nitrogen and oxygen atoms in total. The number of benzene rings is 2. The monoisotopic (exact) mass is 430 g/mol. The second kappa shape index (κ2) is 8.96. The summed E-state index contributed by atoms with van der Waals surface area (Å²) < 4.78 is 6.95. The van der Waals surface area contributed by atoms with Gasteiger partial charge >= 0.3 is 0 Å². The van der Waals surface area contributed by atoms with Crippen molar-refractivity contribution in [2.75, 3.05) is 32.8 Å². The standard InChI is InChI=1S/C25H26N4O3/c30-24-9-7-22(26-29(24)18-19-4-2-1-3-5-19)25(31)28-13-11-27(12-14-28)17-20-6-8-23-21(16-20)10-15-32-23/h1-9,16H,10-15,17-18H2. The summed E-state index contributed by atoms with van der Waals surface area (Å²) in [6.45, 7) is 4.90. The van der Waals surface area contributed by atoms with E-state index in [2.05, 4.69) is 28.2 Å². The fraction of sp³-hybridized carbons (Fsp3) is 0.320. The lowest BCUT2D eigenvalue weighted by Gasteiger charge is -2.34. The van der Waals surface area contributed by atoms with Gasteiger partial charge in [0, 0.05) is 45.2 Å². The number of hydrogen-bond acceptors (Lipinski definition) is 5. The molecular formula is C25H26N4O3. The van der Waals surface area contributed by atoms with E-state index in [4.69, 9.17) is 4.74 Å². The minimum Gasteiger partial charge on any atom is -0.493 e. The zero-order valence-electron chi connectivity index (χ0n) is 17.9. The van der Waals surface area contributed by atoms with Crippen LogP contribution in [0, 0.1) is 0 Å². The Morgan fingerprint density at radius 3 is 2.53 bits per heavy atom. The Kier molecular flexibility index (Phi) is 5.73. The van der Waals surface area contributed by atoms with Crippen molar-refractivity contribution in [2.45, 2.75) is 19.5 Å². The number of nitrogens with zero attached hydrogens (tertiary/aromatic N) is 4. The molecule has 0 radical (unpaired) electrons. The number of amides is 1. The lowest BCUT2D eigenvalue weighted by Crippen LogP contribution is -2.48. The third-order valence-corrected chi connectivity index (χ3v) is 6.08. The molecule has 0 bridgehead atoms. The van der Waals surface area contributed by atoms with E-state index in [1.165, 1.54) is 27.9 Å². The number of carbonyl (C=O) groups is 1. The molecule has 7 heteroatoms. The SMILES string of the molecule is O=C(c1ccc(=O)n(Cc2ccccc2)n1)N1CCN(Cc2ccc3c(c2)CCO3)CC1. The van der Waals surface area contributed by atoms with Gasteiger partial charge in [-0.3, -0.25) is 14.5 Å². The molecule has 0 aliphatic carbocycles. The lowest BCUT2D eigenvalue weighted by atomic mass is 10.1. The Bertz CT molecular complexity index is 1170. The molecule has 1 saturated heterocycles. The summed E-state index contributed by atoms with van der Waals surface area (Å²) in [6.07, 6.45) is 0.977. The largest absolute Gasteiger partial charge is 0.493 e. The van der Waals surface area contributed by atoms with Crippen LogP contribution in [-0.4, -0.2) is 58.3 Å². The van der Waals surface area contributed by atoms with Crippen molar-refractivity contribution in [1.29, 1.82) is 0 Å². The van der Waals surface area contributed by atoms with Crippen LogP contribution < -0.4 is 10.3 Å². The molecule has 2 aromatic carbocycles. The van der Waals surface area contributed by atoms with Gasteiger partial charge in [0.25, 0.3) is 11.5 Å². The normalized spacial score (nSPS) is 15.9. The number of piperazine rings is 1. The average Bonchev–Trinajstić information content (AvgIpc) is 3.29. The van der Waals surface area contributed by atoms with Crippen LogP contribution in [0.4, 0.5) is 0 Å². The van der Waals surface area contributed by atoms with Crippen molar-refractivity contribution < 1.29 is 9.53 Å². The lowest BCUT2D eigenvalue weighted by molar-refractivity contribution is 0.0620. The van der Waals surface area contributed by atoms with Gasteiger partial charge in [-0.25, -0.2) is 4.68 Å². The molecule has 164 valence electrons. The number of carbonyl (C=O) groups excluding carboxylic acids is 1. The zero-order chi connectivity index (χ0) is 21.9. The number of aromatic nitrogens is 2. The highest BCUT2D eigenvalue weighted by atomic mass is 16.5. The number of ether oxygens (including phenoxy) is 1. The molecule has 3 aromatic rings. The molecule has 1 aromatic heterocycles. The van der Waals surface area contributed by atoms with Gasteiger partial charge < -0.3 is 9.64 Å². The Morgan fingerprint density at radius 2 is 1.72 bits per heavy atom. The summed E-state index contributed by atoms with van der Waals surface area (Å²) >= 11 is 0.